The van der Waals surface area contributed by atoms with Crippen molar-refractivity contribution in [1.29, 1.82) is 0 Å². The Balaban J connectivity index is 2.14. The number of aliphatic carboxylic acids is 1. The maximum Gasteiger partial charge on any atom is 0.306 e. The van der Waals surface area contributed by atoms with Crippen molar-refractivity contribution in [2.75, 3.05) is 5.32 Å². The minimum absolute atomic E-state index is 0.0256. The lowest BCUT2D eigenvalue weighted by Crippen LogP contribution is -2.21. The van der Waals surface area contributed by atoms with E-state index in [1.54, 1.807) is 18.2 Å². The number of hydrogen-bond donors (Lipinski definition) is 3. The van der Waals surface area contributed by atoms with Crippen molar-refractivity contribution >= 4 is 29.2 Å². The lowest BCUT2D eigenvalue weighted by molar-refractivity contribution is -0.141. The van der Waals surface area contributed by atoms with Gasteiger partial charge in [-0.15, -0.1) is 0 Å². The number of carbonyl (C=O) groups excluding carboxylic acids is 1. The average molecular weight is 283 g/mol. The summed E-state index contributed by atoms with van der Waals surface area (Å²) in [6.45, 7) is 0. The first-order chi connectivity index (χ1) is 8.99. The van der Waals surface area contributed by atoms with Crippen LogP contribution in [0.3, 0.4) is 0 Å². The van der Waals surface area contributed by atoms with Crippen LogP contribution in [0.2, 0.25) is 5.02 Å². The van der Waals surface area contributed by atoms with Crippen LogP contribution in [0.5, 0.6) is 0 Å². The molecular weight excluding hydrogens is 268 g/mol. The molecule has 6 heteroatoms. The third kappa shape index (κ3) is 2.98. The van der Waals surface area contributed by atoms with Crippen LogP contribution in [0.4, 0.5) is 5.69 Å². The molecule has 1 aromatic carbocycles. The summed E-state index contributed by atoms with van der Waals surface area (Å²) in [7, 11) is 0. The number of benzene rings is 1. The van der Waals surface area contributed by atoms with Crippen LogP contribution in [-0.2, 0) is 4.79 Å². The molecular formula is C13H15ClN2O3. The van der Waals surface area contributed by atoms with Crippen LogP contribution < -0.4 is 11.1 Å². The zero-order chi connectivity index (χ0) is 14.0. The second kappa shape index (κ2) is 5.48. The number of carboxylic acid groups (broad SMARTS) is 1. The second-order valence-electron chi connectivity index (χ2n) is 4.72. The van der Waals surface area contributed by atoms with Gasteiger partial charge in [0.15, 0.2) is 0 Å². The Bertz CT molecular complexity index is 519. The summed E-state index contributed by atoms with van der Waals surface area (Å²) in [6.07, 6.45) is 1.93. The number of nitrogens with one attached hydrogen (secondary N) is 1. The summed E-state index contributed by atoms with van der Waals surface area (Å²) in [5.74, 6) is -1.69. The van der Waals surface area contributed by atoms with E-state index >= 15 is 0 Å². The van der Waals surface area contributed by atoms with Crippen LogP contribution in [0, 0.1) is 5.92 Å². The smallest absolute Gasteiger partial charge is 0.306 e. The normalized spacial score (nSPS) is 22.2. The summed E-state index contributed by atoms with van der Waals surface area (Å²) < 4.78 is 0. The van der Waals surface area contributed by atoms with Gasteiger partial charge in [0.1, 0.15) is 0 Å². The molecule has 0 radical (unpaired) electrons. The van der Waals surface area contributed by atoms with Crippen molar-refractivity contribution in [3.63, 3.8) is 0 Å². The topological polar surface area (TPSA) is 92.4 Å². The molecule has 0 aromatic heterocycles. The van der Waals surface area contributed by atoms with Crippen LogP contribution in [-0.4, -0.2) is 23.0 Å². The Morgan fingerprint density at radius 3 is 2.68 bits per heavy atom. The number of nitrogens with two attached hydrogens (primary N) is 1. The first-order valence-corrected chi connectivity index (χ1v) is 6.44. The molecule has 2 atom stereocenters. The Hall–Kier alpha value is -1.75. The molecule has 1 saturated carbocycles. The van der Waals surface area contributed by atoms with E-state index in [1.165, 1.54) is 0 Å². The van der Waals surface area contributed by atoms with Crippen LogP contribution in [0.25, 0.3) is 0 Å². The van der Waals surface area contributed by atoms with Gasteiger partial charge in [-0.05, 0) is 31.4 Å². The van der Waals surface area contributed by atoms with Crippen molar-refractivity contribution in [2.24, 2.45) is 11.7 Å². The first-order valence-electron chi connectivity index (χ1n) is 6.06. The molecule has 0 unspecified atom stereocenters. The molecule has 1 fully saturated rings. The third-order valence-electron chi connectivity index (χ3n) is 3.40. The van der Waals surface area contributed by atoms with Gasteiger partial charge in [0, 0.05) is 11.7 Å². The van der Waals surface area contributed by atoms with Gasteiger partial charge in [-0.25, -0.2) is 0 Å². The van der Waals surface area contributed by atoms with Crippen molar-refractivity contribution < 1.29 is 14.7 Å². The molecule has 0 heterocycles. The molecule has 0 aliphatic heterocycles. The quantitative estimate of drug-likeness (QED) is 0.788. The monoisotopic (exact) mass is 282 g/mol. The van der Waals surface area contributed by atoms with Gasteiger partial charge in [-0.1, -0.05) is 17.7 Å². The number of anilines is 1. The Morgan fingerprint density at radius 1 is 1.37 bits per heavy atom. The van der Waals surface area contributed by atoms with E-state index < -0.39 is 11.9 Å². The predicted molar refractivity (Wildman–Crippen MR) is 72.4 cm³/mol. The summed E-state index contributed by atoms with van der Waals surface area (Å²) in [5.41, 5.74) is 6.13. The van der Waals surface area contributed by atoms with E-state index in [2.05, 4.69) is 5.32 Å². The van der Waals surface area contributed by atoms with Gasteiger partial charge in [0.05, 0.1) is 16.5 Å². The first kappa shape index (κ1) is 13.7. The second-order valence-corrected chi connectivity index (χ2v) is 5.12. The van der Waals surface area contributed by atoms with Crippen LogP contribution in [0.15, 0.2) is 18.2 Å². The fourth-order valence-electron chi connectivity index (χ4n) is 2.45. The van der Waals surface area contributed by atoms with Crippen molar-refractivity contribution in [1.82, 2.24) is 0 Å². The Kier molecular flexibility index (Phi) is 3.95. The van der Waals surface area contributed by atoms with Gasteiger partial charge in [-0.2, -0.15) is 0 Å². The Labute approximate surface area is 115 Å². The summed E-state index contributed by atoms with van der Waals surface area (Å²) >= 11 is 5.95. The molecule has 102 valence electrons. The molecule has 1 aliphatic rings. The average Bonchev–Trinajstić information content (AvgIpc) is 2.77. The molecule has 1 amide bonds. The van der Waals surface area contributed by atoms with E-state index in [9.17, 15) is 9.59 Å². The molecule has 19 heavy (non-hydrogen) atoms. The lowest BCUT2D eigenvalue weighted by Gasteiger charge is -2.16. The number of rotatable bonds is 4. The fourth-order valence-corrected chi connectivity index (χ4v) is 2.72. The maximum atomic E-state index is 11.4. The van der Waals surface area contributed by atoms with E-state index in [0.717, 1.165) is 6.42 Å². The van der Waals surface area contributed by atoms with E-state index in [0.29, 0.717) is 23.6 Å². The van der Waals surface area contributed by atoms with Gasteiger partial charge in [0.2, 0.25) is 0 Å². The van der Waals surface area contributed by atoms with Crippen molar-refractivity contribution in [2.45, 2.75) is 25.3 Å². The standard InChI is InChI=1S/C13H15ClN2O3/c14-9-2-1-3-10(11(9)12(15)17)16-8-5-4-7(6-8)13(18)19/h1-3,7-8,16H,4-6H2,(H2,15,17)(H,18,19)/t7-,8+/m1/s1. The molecule has 0 spiro atoms. The SMILES string of the molecule is NC(=O)c1c(Cl)cccc1N[C@H]1CC[C@@H](C(=O)O)C1. The zero-order valence-corrected chi connectivity index (χ0v) is 11.0. The van der Waals surface area contributed by atoms with E-state index in [-0.39, 0.29) is 17.5 Å². The predicted octanol–water partition coefficient (Wildman–Crippen LogP) is 2.10. The number of primary amides is 1. The molecule has 1 aliphatic carbocycles. The Morgan fingerprint density at radius 2 is 2.11 bits per heavy atom. The highest BCUT2D eigenvalue weighted by Crippen LogP contribution is 2.31. The third-order valence-corrected chi connectivity index (χ3v) is 3.72. The highest BCUT2D eigenvalue weighted by atomic mass is 35.5. The summed E-state index contributed by atoms with van der Waals surface area (Å²) in [5, 5.41) is 12.4. The minimum Gasteiger partial charge on any atom is -0.481 e. The number of hydrogen-bond acceptors (Lipinski definition) is 3. The maximum absolute atomic E-state index is 11.4. The van der Waals surface area contributed by atoms with Gasteiger partial charge in [0.25, 0.3) is 5.91 Å². The van der Waals surface area contributed by atoms with E-state index in [1.807, 2.05) is 0 Å². The molecule has 1 aromatic rings. The lowest BCUT2D eigenvalue weighted by atomic mass is 10.1. The molecule has 0 bridgehead atoms. The largest absolute Gasteiger partial charge is 0.481 e. The summed E-state index contributed by atoms with van der Waals surface area (Å²) in [6, 6.07) is 5.07. The highest BCUT2D eigenvalue weighted by Gasteiger charge is 2.30. The minimum atomic E-state index is -0.773. The van der Waals surface area contributed by atoms with E-state index in [4.69, 9.17) is 22.4 Å². The summed E-state index contributed by atoms with van der Waals surface area (Å²) in [4.78, 5) is 22.3. The van der Waals surface area contributed by atoms with Gasteiger partial charge < -0.3 is 16.2 Å². The molecule has 2 rings (SSSR count). The molecule has 5 nitrogen and oxygen atoms in total. The number of carbonyl (C=O) groups is 2. The number of amides is 1. The van der Waals surface area contributed by atoms with Gasteiger partial charge >= 0.3 is 5.97 Å². The number of carboxylic acids is 1. The van der Waals surface area contributed by atoms with Crippen molar-refractivity contribution in [3.8, 4) is 0 Å². The zero-order valence-electron chi connectivity index (χ0n) is 10.2. The molecule has 0 saturated heterocycles. The number of halogens is 1. The molecule has 4 N–H and O–H groups in total. The highest BCUT2D eigenvalue weighted by molar-refractivity contribution is 6.34. The fraction of sp³-hybridized carbons (Fsp3) is 0.385. The van der Waals surface area contributed by atoms with Crippen LogP contribution >= 0.6 is 11.6 Å². The van der Waals surface area contributed by atoms with Gasteiger partial charge in [-0.3, -0.25) is 9.59 Å². The van der Waals surface area contributed by atoms with Crippen molar-refractivity contribution in [3.05, 3.63) is 28.8 Å². The van der Waals surface area contributed by atoms with Crippen LogP contribution in [0.1, 0.15) is 29.6 Å².